The molecule has 0 aromatic carbocycles. The van der Waals surface area contributed by atoms with Gasteiger partial charge in [0.05, 0.1) is 13.2 Å². The number of hydrogen-bond donors (Lipinski definition) is 2. The van der Waals surface area contributed by atoms with E-state index in [4.69, 9.17) is 10.2 Å². The average Bonchev–Trinajstić information content (AvgIpc) is 2.82. The van der Waals surface area contributed by atoms with Crippen molar-refractivity contribution >= 4 is 11.9 Å². The number of rotatable bonds is 5. The van der Waals surface area contributed by atoms with Crippen molar-refractivity contribution < 1.29 is 24.5 Å². The minimum absolute atomic E-state index is 0.0628. The van der Waals surface area contributed by atoms with Gasteiger partial charge in [0.25, 0.3) is 0 Å². The van der Waals surface area contributed by atoms with Gasteiger partial charge in [0.2, 0.25) is 0 Å². The molecule has 0 saturated carbocycles. The maximum absolute atomic E-state index is 9.90. The van der Waals surface area contributed by atoms with Crippen molar-refractivity contribution in [2.45, 2.75) is 25.7 Å². The van der Waals surface area contributed by atoms with E-state index in [-0.39, 0.29) is 12.8 Å². The second-order valence-electron chi connectivity index (χ2n) is 2.61. The molecule has 0 aromatic rings. The molecule has 76 valence electrons. The van der Waals surface area contributed by atoms with Gasteiger partial charge in [-0.1, -0.05) is 0 Å². The number of aliphatic carboxylic acids is 2. The minimum atomic E-state index is -0.870. The Morgan fingerprint density at radius 3 is 1.46 bits per heavy atom. The maximum atomic E-state index is 9.90. The van der Waals surface area contributed by atoms with Gasteiger partial charge in [-0.2, -0.15) is 0 Å². The van der Waals surface area contributed by atoms with Crippen LogP contribution in [0.5, 0.6) is 0 Å². The van der Waals surface area contributed by atoms with Crippen LogP contribution in [0.3, 0.4) is 0 Å². The zero-order valence-corrected chi connectivity index (χ0v) is 7.36. The zero-order chi connectivity index (χ0) is 10.1. The molecule has 1 heterocycles. The fraction of sp³-hybridized carbons (Fsp3) is 0.750. The van der Waals surface area contributed by atoms with Gasteiger partial charge in [-0.3, -0.25) is 9.59 Å². The molecule has 0 aliphatic carbocycles. The highest BCUT2D eigenvalue weighted by atomic mass is 16.6. The molecule has 0 unspecified atom stereocenters. The molecule has 1 rings (SSSR count). The summed E-state index contributed by atoms with van der Waals surface area (Å²) in [7, 11) is 0. The molecule has 0 atom stereocenters. The maximum Gasteiger partial charge on any atom is 0.303 e. The Bertz CT molecular complexity index is 145. The van der Waals surface area contributed by atoms with Crippen LogP contribution in [-0.2, 0) is 14.3 Å². The summed E-state index contributed by atoms with van der Waals surface area (Å²) in [6.07, 6.45) is 1.02. The lowest BCUT2D eigenvalue weighted by Crippen LogP contribution is -1.97. The van der Waals surface area contributed by atoms with Gasteiger partial charge in [0.15, 0.2) is 0 Å². The van der Waals surface area contributed by atoms with Crippen LogP contribution in [0.4, 0.5) is 0 Å². The molecule has 0 spiro atoms. The predicted molar refractivity (Wildman–Crippen MR) is 44.6 cm³/mol. The van der Waals surface area contributed by atoms with E-state index >= 15 is 0 Å². The van der Waals surface area contributed by atoms with Crippen LogP contribution in [0.25, 0.3) is 0 Å². The van der Waals surface area contributed by atoms with Crippen molar-refractivity contribution in [1.29, 1.82) is 0 Å². The Morgan fingerprint density at radius 1 is 1.00 bits per heavy atom. The van der Waals surface area contributed by atoms with Crippen LogP contribution in [0.1, 0.15) is 25.7 Å². The van der Waals surface area contributed by atoms with E-state index in [1.807, 2.05) is 0 Å². The summed E-state index contributed by atoms with van der Waals surface area (Å²) in [5.41, 5.74) is 0. The first-order valence-electron chi connectivity index (χ1n) is 4.14. The van der Waals surface area contributed by atoms with Gasteiger partial charge < -0.3 is 14.9 Å². The highest BCUT2D eigenvalue weighted by molar-refractivity contribution is 5.67. The molecule has 5 heteroatoms. The lowest BCUT2D eigenvalue weighted by Gasteiger charge is -1.92. The Hall–Kier alpha value is -1.10. The molecule has 5 nitrogen and oxygen atoms in total. The van der Waals surface area contributed by atoms with Crippen molar-refractivity contribution in [1.82, 2.24) is 0 Å². The Labute approximate surface area is 76.3 Å². The number of epoxide rings is 1. The van der Waals surface area contributed by atoms with Crippen LogP contribution in [0.2, 0.25) is 0 Å². The van der Waals surface area contributed by atoms with Crippen LogP contribution in [-0.4, -0.2) is 35.4 Å². The summed E-state index contributed by atoms with van der Waals surface area (Å²) in [5.74, 6) is -1.74. The van der Waals surface area contributed by atoms with Gasteiger partial charge in [-0.15, -0.1) is 0 Å². The number of ether oxygens (including phenoxy) is 1. The second-order valence-corrected chi connectivity index (χ2v) is 2.61. The van der Waals surface area contributed by atoms with E-state index < -0.39 is 11.9 Å². The van der Waals surface area contributed by atoms with E-state index in [9.17, 15) is 9.59 Å². The van der Waals surface area contributed by atoms with Crippen molar-refractivity contribution in [3.05, 3.63) is 0 Å². The summed E-state index contributed by atoms with van der Waals surface area (Å²) >= 11 is 0. The van der Waals surface area contributed by atoms with Gasteiger partial charge in [0.1, 0.15) is 0 Å². The van der Waals surface area contributed by atoms with Gasteiger partial charge in [-0.25, -0.2) is 0 Å². The summed E-state index contributed by atoms with van der Waals surface area (Å²) in [4.78, 5) is 19.8. The van der Waals surface area contributed by atoms with Crippen molar-refractivity contribution in [3.8, 4) is 0 Å². The topological polar surface area (TPSA) is 87.1 Å². The molecular formula is C8H14O5. The van der Waals surface area contributed by atoms with Crippen LogP contribution in [0, 0.1) is 0 Å². The first-order chi connectivity index (χ1) is 6.13. The van der Waals surface area contributed by atoms with Gasteiger partial charge in [-0.05, 0) is 12.8 Å². The molecule has 13 heavy (non-hydrogen) atoms. The number of unbranched alkanes of at least 4 members (excludes halogenated alkanes) is 1. The molecule has 0 aromatic heterocycles. The molecule has 2 N–H and O–H groups in total. The monoisotopic (exact) mass is 190 g/mol. The minimum Gasteiger partial charge on any atom is -0.481 e. The first kappa shape index (κ1) is 11.9. The highest BCUT2D eigenvalue weighted by Gasteiger charge is 1.99. The molecule has 1 aliphatic heterocycles. The van der Waals surface area contributed by atoms with Gasteiger partial charge >= 0.3 is 11.9 Å². The van der Waals surface area contributed by atoms with Crippen molar-refractivity contribution in [3.63, 3.8) is 0 Å². The number of carboxylic acids is 2. The van der Waals surface area contributed by atoms with Crippen LogP contribution in [0.15, 0.2) is 0 Å². The van der Waals surface area contributed by atoms with E-state index in [2.05, 4.69) is 4.74 Å². The fourth-order valence-corrected chi connectivity index (χ4v) is 0.552. The molecule has 1 saturated heterocycles. The largest absolute Gasteiger partial charge is 0.481 e. The SMILES string of the molecule is C1CO1.O=C(O)CCCCC(=O)O. The highest BCUT2D eigenvalue weighted by Crippen LogP contribution is 1.98. The fourth-order valence-electron chi connectivity index (χ4n) is 0.552. The Balaban J connectivity index is 0.000000396. The zero-order valence-electron chi connectivity index (χ0n) is 7.36. The van der Waals surface area contributed by atoms with Gasteiger partial charge in [0, 0.05) is 12.8 Å². The molecule has 1 aliphatic rings. The standard InChI is InChI=1S/C6H10O4.C2H4O/c7-5(8)3-1-2-4-6(9)10;1-2-3-1/h1-4H2,(H,7,8)(H,9,10);1-2H2. The molecule has 0 bridgehead atoms. The first-order valence-corrected chi connectivity index (χ1v) is 4.14. The summed E-state index contributed by atoms with van der Waals surface area (Å²) in [5, 5.41) is 16.3. The second kappa shape index (κ2) is 7.54. The van der Waals surface area contributed by atoms with Crippen LogP contribution >= 0.6 is 0 Å². The number of carboxylic acid groups (broad SMARTS) is 2. The molecule has 1 fully saturated rings. The van der Waals surface area contributed by atoms with Crippen molar-refractivity contribution in [2.24, 2.45) is 0 Å². The van der Waals surface area contributed by atoms with E-state index in [0.717, 1.165) is 13.2 Å². The summed E-state index contributed by atoms with van der Waals surface area (Å²) in [6.45, 7) is 2.00. The third-order valence-electron chi connectivity index (χ3n) is 1.24. The lowest BCUT2D eigenvalue weighted by atomic mass is 10.2. The Morgan fingerprint density at radius 2 is 1.31 bits per heavy atom. The lowest BCUT2D eigenvalue weighted by molar-refractivity contribution is -0.139. The van der Waals surface area contributed by atoms with E-state index in [0.29, 0.717) is 12.8 Å². The quantitative estimate of drug-likeness (QED) is 0.493. The average molecular weight is 190 g/mol. The van der Waals surface area contributed by atoms with E-state index in [1.165, 1.54) is 0 Å². The predicted octanol–water partition coefficient (Wildman–Crippen LogP) is 0.733. The number of hydrogen-bond acceptors (Lipinski definition) is 3. The molecule has 0 radical (unpaired) electrons. The van der Waals surface area contributed by atoms with E-state index in [1.54, 1.807) is 0 Å². The van der Waals surface area contributed by atoms with Crippen molar-refractivity contribution in [2.75, 3.05) is 13.2 Å². The number of carbonyl (C=O) groups is 2. The third-order valence-corrected chi connectivity index (χ3v) is 1.24. The smallest absolute Gasteiger partial charge is 0.303 e. The molecular weight excluding hydrogens is 176 g/mol. The normalized spacial score (nSPS) is 12.6. The summed E-state index contributed by atoms with van der Waals surface area (Å²) in [6, 6.07) is 0. The van der Waals surface area contributed by atoms with Crippen LogP contribution < -0.4 is 0 Å². The Kier molecular flexibility index (Phi) is 6.91. The third kappa shape index (κ3) is 18.1. The summed E-state index contributed by atoms with van der Waals surface area (Å²) < 4.78 is 4.50. The molecule has 0 amide bonds.